The molecule has 0 saturated heterocycles. The van der Waals surface area contributed by atoms with E-state index in [1.54, 1.807) is 36.4 Å². The molecule has 20 heteroatoms. The van der Waals surface area contributed by atoms with Crippen molar-refractivity contribution in [2.24, 2.45) is 18.9 Å². The quantitative estimate of drug-likeness (QED) is 0.0772. The number of alkyl halides is 5. The van der Waals surface area contributed by atoms with Gasteiger partial charge in [-0.1, -0.05) is 29.8 Å². The summed E-state index contributed by atoms with van der Waals surface area (Å²) in [5.74, 6) is -9.42. The molecule has 7 rings (SSSR count). The molecule has 2 aliphatic carbocycles. The fraction of sp³-hybridized carbons (Fsp3) is 0.270. The lowest BCUT2D eigenvalue weighted by molar-refractivity contribution is -0.121. The highest BCUT2D eigenvalue weighted by atomic mass is 35.5. The molecule has 0 spiro atoms. The molecule has 5 aromatic rings. The van der Waals surface area contributed by atoms with E-state index in [-0.39, 0.29) is 51.6 Å². The number of sulfonamides is 1. The molecule has 0 radical (unpaired) electrons. The van der Waals surface area contributed by atoms with Crippen molar-refractivity contribution in [3.05, 3.63) is 106 Å². The Hall–Kier alpha value is -5.56. The second-order valence-corrected chi connectivity index (χ2v) is 15.9. The molecule has 2 aromatic carbocycles. The summed E-state index contributed by atoms with van der Waals surface area (Å²) in [6.45, 7) is -0.976. The normalized spacial score (nSPS) is 18.0. The lowest BCUT2D eigenvalue weighted by Crippen LogP contribution is -2.41. The van der Waals surface area contributed by atoms with E-state index in [4.69, 9.17) is 22.0 Å². The van der Waals surface area contributed by atoms with E-state index in [0.29, 0.717) is 22.8 Å². The summed E-state index contributed by atoms with van der Waals surface area (Å²) in [6, 6.07) is 12.6. The number of fused-ring (bicyclic) bond motifs is 2. The summed E-state index contributed by atoms with van der Waals surface area (Å²) in [5, 5.41) is 17.1. The van der Waals surface area contributed by atoms with Crippen LogP contribution in [0.3, 0.4) is 0 Å². The second kappa shape index (κ2) is 14.4. The predicted octanol–water partition coefficient (Wildman–Crippen LogP) is 7.11. The van der Waals surface area contributed by atoms with Gasteiger partial charge in [0.05, 0.1) is 57.5 Å². The zero-order chi connectivity index (χ0) is 41.2. The fourth-order valence-corrected chi connectivity index (χ4v) is 7.94. The van der Waals surface area contributed by atoms with Crippen molar-refractivity contribution in [1.82, 2.24) is 30.4 Å². The number of nitrogens with one attached hydrogen (secondary N) is 4. The average Bonchev–Trinajstić information content (AvgIpc) is 3.81. The van der Waals surface area contributed by atoms with Gasteiger partial charge in [-0.05, 0) is 60.7 Å². The Morgan fingerprint density at radius 1 is 1.05 bits per heavy atom. The number of rotatable bonds is 12. The van der Waals surface area contributed by atoms with Gasteiger partial charge in [-0.2, -0.15) is 27.1 Å². The molecule has 2 aliphatic rings. The van der Waals surface area contributed by atoms with Crippen LogP contribution in [0.2, 0.25) is 5.02 Å². The van der Waals surface area contributed by atoms with Crippen LogP contribution in [0.4, 0.5) is 36.6 Å². The number of aromatic nitrogens is 4. The van der Waals surface area contributed by atoms with Gasteiger partial charge in [-0.25, -0.2) is 22.2 Å². The van der Waals surface area contributed by atoms with E-state index in [2.05, 4.69) is 25.4 Å². The minimum absolute atomic E-state index is 0.0363. The van der Waals surface area contributed by atoms with Crippen LogP contribution in [-0.4, -0.2) is 64.7 Å². The Kier molecular flexibility index (Phi) is 10.0. The Morgan fingerprint density at radius 3 is 2.40 bits per heavy atom. The largest absolute Gasteiger partial charge is 0.433 e. The highest BCUT2D eigenvalue weighted by Gasteiger charge is 2.67. The average molecular weight is 835 g/mol. The molecule has 0 aliphatic heterocycles. The molecule has 1 fully saturated rings. The number of hydrogen-bond acceptors (Lipinski definition) is 8. The molecular weight excluding hydrogens is 805 g/mol. The maximum absolute atomic E-state index is 15.3. The van der Waals surface area contributed by atoms with Gasteiger partial charge in [0, 0.05) is 41.9 Å². The van der Waals surface area contributed by atoms with E-state index < -0.39 is 81.1 Å². The molecule has 298 valence electrons. The van der Waals surface area contributed by atoms with Crippen LogP contribution in [0.15, 0.2) is 78.1 Å². The van der Waals surface area contributed by atoms with Crippen molar-refractivity contribution >= 4 is 50.0 Å². The molecule has 3 aromatic heterocycles. The number of aryl methyl sites for hydroxylation is 1. The number of halogens is 8. The van der Waals surface area contributed by atoms with Crippen LogP contribution in [0.25, 0.3) is 33.4 Å². The van der Waals surface area contributed by atoms with Crippen LogP contribution in [0.5, 0.6) is 0 Å². The Morgan fingerprint density at radius 2 is 1.75 bits per heavy atom. The van der Waals surface area contributed by atoms with E-state index in [0.717, 1.165) is 18.4 Å². The highest BCUT2D eigenvalue weighted by Crippen LogP contribution is 2.63. The highest BCUT2D eigenvalue weighted by molar-refractivity contribution is 7.92. The van der Waals surface area contributed by atoms with Gasteiger partial charge in [0.15, 0.2) is 5.82 Å². The smallest absolute Gasteiger partial charge is 0.374 e. The number of nitrogens with zero attached hydrogens (tertiary/aromatic N) is 4. The van der Waals surface area contributed by atoms with Gasteiger partial charge in [-0.3, -0.25) is 24.6 Å². The minimum Gasteiger partial charge on any atom is -0.374 e. The maximum atomic E-state index is 15.3. The molecule has 3 heterocycles. The van der Waals surface area contributed by atoms with Crippen LogP contribution >= 0.6 is 11.6 Å². The van der Waals surface area contributed by atoms with E-state index >= 15 is 8.78 Å². The minimum atomic E-state index is -5.22. The van der Waals surface area contributed by atoms with Gasteiger partial charge in [0.2, 0.25) is 15.9 Å². The maximum Gasteiger partial charge on any atom is 0.433 e. The van der Waals surface area contributed by atoms with E-state index in [1.165, 1.54) is 24.0 Å². The molecule has 4 N–H and O–H groups in total. The Balaban J connectivity index is 1.35. The lowest BCUT2D eigenvalue weighted by atomic mass is 9.93. The Labute approximate surface area is 324 Å². The molecule has 1 amide bonds. The van der Waals surface area contributed by atoms with E-state index in [9.17, 15) is 35.2 Å². The Bertz CT molecular complexity index is 2580. The zero-order valence-electron chi connectivity index (χ0n) is 29.6. The third kappa shape index (κ3) is 7.89. The van der Waals surface area contributed by atoms with Crippen LogP contribution in [0.1, 0.15) is 23.7 Å². The third-order valence-electron chi connectivity index (χ3n) is 9.60. The molecule has 57 heavy (non-hydrogen) atoms. The number of anilines is 1. The van der Waals surface area contributed by atoms with Crippen molar-refractivity contribution < 1.29 is 43.9 Å². The number of allylic oxidation sites excluding steroid dienone is 2. The number of amides is 1. The van der Waals surface area contributed by atoms with Crippen LogP contribution in [-0.2, 0) is 28.3 Å². The SMILES string of the molecule is Cn1nc(NS(C)(=O)=O)c2c(Cl)ccc(-c3ccc(-c4ccccn4)nc3[C@H](Cc3cc(F)cc(F)c3)NC(=O)CNC3=C(C(=N)C(F)(F)F)[C@H]4C[C@H]4C3(F)F)c21. The monoisotopic (exact) mass is 834 g/mol. The first-order valence-electron chi connectivity index (χ1n) is 17.1. The summed E-state index contributed by atoms with van der Waals surface area (Å²) in [4.78, 5) is 22.9. The number of hydrogen-bond donors (Lipinski definition) is 4. The number of carbonyl (C=O) groups is 1. The molecule has 1 saturated carbocycles. The number of pyridine rings is 2. The first-order valence-corrected chi connectivity index (χ1v) is 19.3. The topological polar surface area (TPSA) is 155 Å². The second-order valence-electron chi connectivity index (χ2n) is 13.7. The summed E-state index contributed by atoms with van der Waals surface area (Å²) >= 11 is 6.57. The summed E-state index contributed by atoms with van der Waals surface area (Å²) in [5.41, 5.74) is -2.31. The summed E-state index contributed by atoms with van der Waals surface area (Å²) < 4.78 is 128. The standard InChI is InChI=1S/C37H30ClF7N8O3S/c1-53-32-21(6-8-24(38)30(32)35(51-53)52-57(2,55)56)20-7-9-26(25-5-3-4-10-47-25)50-31(20)27(13-17-11-18(39)14-19(40)12-17)49-28(54)16-48-34-29(33(46)37(43,44)45)22-15-23(22)36(34,41)42/h3-12,14,22-23,27,46,48H,13,15-16H2,1-2H3,(H,49,54)(H,51,52)/t22-,23+,27-/m0/s1. The van der Waals surface area contributed by atoms with Gasteiger partial charge in [0.1, 0.15) is 17.3 Å². The van der Waals surface area contributed by atoms with Crippen LogP contribution < -0.4 is 15.4 Å². The molecule has 3 atom stereocenters. The van der Waals surface area contributed by atoms with Crippen molar-refractivity contribution in [3.63, 3.8) is 0 Å². The lowest BCUT2D eigenvalue weighted by Gasteiger charge is -2.24. The molecule has 0 unspecified atom stereocenters. The van der Waals surface area contributed by atoms with Crippen molar-refractivity contribution in [3.8, 4) is 22.5 Å². The van der Waals surface area contributed by atoms with Crippen LogP contribution in [0, 0.1) is 28.9 Å². The van der Waals surface area contributed by atoms with Gasteiger partial charge in [-0.15, -0.1) is 0 Å². The predicted molar refractivity (Wildman–Crippen MR) is 197 cm³/mol. The number of benzene rings is 2. The van der Waals surface area contributed by atoms with Gasteiger partial charge >= 0.3 is 6.18 Å². The van der Waals surface area contributed by atoms with E-state index in [1.807, 2.05) is 0 Å². The number of carbonyl (C=O) groups excluding carboxylic acids is 1. The summed E-state index contributed by atoms with van der Waals surface area (Å²) in [6.07, 6.45) is -3.38. The first-order chi connectivity index (χ1) is 26.7. The molecular formula is C37H30ClF7N8O3S. The molecule has 11 nitrogen and oxygen atoms in total. The van der Waals surface area contributed by atoms with Crippen molar-refractivity contribution in [2.75, 3.05) is 17.5 Å². The fourth-order valence-electron chi connectivity index (χ4n) is 7.20. The van der Waals surface area contributed by atoms with Crippen molar-refractivity contribution in [1.29, 1.82) is 5.41 Å². The van der Waals surface area contributed by atoms with Gasteiger partial charge < -0.3 is 10.6 Å². The first kappa shape index (κ1) is 39.7. The van der Waals surface area contributed by atoms with Crippen molar-refractivity contribution in [2.45, 2.75) is 31.0 Å². The molecule has 0 bridgehead atoms. The third-order valence-corrected chi connectivity index (χ3v) is 10.5. The zero-order valence-corrected chi connectivity index (χ0v) is 31.2. The summed E-state index contributed by atoms with van der Waals surface area (Å²) in [7, 11) is -2.31. The van der Waals surface area contributed by atoms with Gasteiger partial charge in [0.25, 0.3) is 5.92 Å².